The standard InChI is InChI=1S/C18H14F2N2O5/c1-10(2)16(23)25-13-6-4-12(5-7-13)22-18(24)27-17(21-22)26-15-8-3-11(19)9-14(15)20/h3-10H,1-2H3. The van der Waals surface area contributed by atoms with E-state index in [4.69, 9.17) is 13.9 Å². The number of aromatic nitrogens is 2. The summed E-state index contributed by atoms with van der Waals surface area (Å²) in [5, 5.41) is 3.80. The van der Waals surface area contributed by atoms with Crippen molar-refractivity contribution in [3.63, 3.8) is 0 Å². The van der Waals surface area contributed by atoms with Gasteiger partial charge in [-0.05, 0) is 36.4 Å². The predicted molar refractivity (Wildman–Crippen MR) is 89.0 cm³/mol. The van der Waals surface area contributed by atoms with Crippen LogP contribution in [0.5, 0.6) is 17.6 Å². The van der Waals surface area contributed by atoms with Gasteiger partial charge in [0.05, 0.1) is 11.6 Å². The van der Waals surface area contributed by atoms with Gasteiger partial charge in [-0.1, -0.05) is 18.9 Å². The van der Waals surface area contributed by atoms with Crippen molar-refractivity contribution in [3.8, 4) is 23.3 Å². The summed E-state index contributed by atoms with van der Waals surface area (Å²) in [4.78, 5) is 23.5. The largest absolute Gasteiger partial charge is 0.444 e. The molecule has 1 heterocycles. The van der Waals surface area contributed by atoms with Crippen LogP contribution in [0.25, 0.3) is 5.69 Å². The minimum atomic E-state index is -0.969. The van der Waals surface area contributed by atoms with Crippen LogP contribution in [0.2, 0.25) is 0 Å². The van der Waals surface area contributed by atoms with E-state index in [1.165, 1.54) is 24.3 Å². The van der Waals surface area contributed by atoms with Crippen LogP contribution in [0, 0.1) is 17.6 Å². The molecule has 0 fully saturated rings. The van der Waals surface area contributed by atoms with Gasteiger partial charge in [-0.2, -0.15) is 4.68 Å². The van der Waals surface area contributed by atoms with Crippen LogP contribution in [0.15, 0.2) is 51.7 Å². The van der Waals surface area contributed by atoms with E-state index in [-0.39, 0.29) is 11.7 Å². The van der Waals surface area contributed by atoms with Crippen molar-refractivity contribution in [2.75, 3.05) is 0 Å². The summed E-state index contributed by atoms with van der Waals surface area (Å²) in [6, 6.07) is 8.59. The van der Waals surface area contributed by atoms with Crippen LogP contribution >= 0.6 is 0 Å². The molecule has 0 N–H and O–H groups in total. The summed E-state index contributed by atoms with van der Waals surface area (Å²) in [7, 11) is 0. The second-order valence-electron chi connectivity index (χ2n) is 5.79. The third-order valence-electron chi connectivity index (χ3n) is 3.39. The third-order valence-corrected chi connectivity index (χ3v) is 3.39. The van der Waals surface area contributed by atoms with Gasteiger partial charge in [0, 0.05) is 6.07 Å². The fourth-order valence-electron chi connectivity index (χ4n) is 2.01. The Morgan fingerprint density at radius 1 is 1.15 bits per heavy atom. The molecule has 9 heteroatoms. The van der Waals surface area contributed by atoms with E-state index in [0.29, 0.717) is 17.5 Å². The van der Waals surface area contributed by atoms with Crippen molar-refractivity contribution in [2.24, 2.45) is 5.92 Å². The molecule has 3 rings (SSSR count). The summed E-state index contributed by atoms with van der Waals surface area (Å²) >= 11 is 0. The summed E-state index contributed by atoms with van der Waals surface area (Å²) < 4.78 is 42.4. The van der Waals surface area contributed by atoms with Gasteiger partial charge in [-0.15, -0.1) is 0 Å². The molecule has 0 aliphatic rings. The fourth-order valence-corrected chi connectivity index (χ4v) is 2.01. The molecular weight excluding hydrogens is 362 g/mol. The molecule has 0 amide bonds. The maximum Gasteiger partial charge on any atom is 0.444 e. The first-order valence-corrected chi connectivity index (χ1v) is 7.88. The number of nitrogens with zero attached hydrogens (tertiary/aromatic N) is 2. The van der Waals surface area contributed by atoms with Crippen LogP contribution in [-0.4, -0.2) is 15.7 Å². The van der Waals surface area contributed by atoms with Gasteiger partial charge >= 0.3 is 17.8 Å². The predicted octanol–water partition coefficient (Wildman–Crippen LogP) is 3.46. The van der Waals surface area contributed by atoms with Crippen LogP contribution in [0.4, 0.5) is 8.78 Å². The van der Waals surface area contributed by atoms with Gasteiger partial charge < -0.3 is 13.9 Å². The van der Waals surface area contributed by atoms with Crippen molar-refractivity contribution in [1.29, 1.82) is 0 Å². The Kier molecular flexibility index (Phi) is 5.02. The molecule has 0 spiro atoms. The molecule has 0 aliphatic heterocycles. The molecule has 0 aliphatic carbocycles. The Morgan fingerprint density at radius 3 is 2.48 bits per heavy atom. The van der Waals surface area contributed by atoms with Crippen molar-refractivity contribution >= 4 is 5.97 Å². The van der Waals surface area contributed by atoms with E-state index < -0.39 is 29.4 Å². The Bertz CT molecular complexity index is 1020. The zero-order valence-electron chi connectivity index (χ0n) is 14.3. The molecule has 7 nitrogen and oxygen atoms in total. The molecule has 0 atom stereocenters. The maximum atomic E-state index is 13.6. The van der Waals surface area contributed by atoms with Crippen molar-refractivity contribution < 1.29 is 27.5 Å². The third kappa shape index (κ3) is 4.20. The first-order chi connectivity index (χ1) is 12.8. The summed E-state index contributed by atoms with van der Waals surface area (Å²) in [6.45, 7) is 3.41. The lowest BCUT2D eigenvalue weighted by Crippen LogP contribution is -2.15. The average molecular weight is 376 g/mol. The first kappa shape index (κ1) is 18.3. The molecule has 0 bridgehead atoms. The lowest BCUT2D eigenvalue weighted by Gasteiger charge is -2.06. The highest BCUT2D eigenvalue weighted by Crippen LogP contribution is 2.23. The van der Waals surface area contributed by atoms with E-state index >= 15 is 0 Å². The minimum absolute atomic E-state index is 0.283. The molecule has 1 aromatic heterocycles. The number of esters is 1. The molecule has 0 saturated carbocycles. The Labute approximate surface area is 151 Å². The van der Waals surface area contributed by atoms with E-state index in [0.717, 1.165) is 16.8 Å². The van der Waals surface area contributed by atoms with Crippen LogP contribution < -0.4 is 15.2 Å². The lowest BCUT2D eigenvalue weighted by molar-refractivity contribution is -0.137. The first-order valence-electron chi connectivity index (χ1n) is 7.88. The molecule has 27 heavy (non-hydrogen) atoms. The molecule has 0 radical (unpaired) electrons. The zero-order chi connectivity index (χ0) is 19.6. The number of halogens is 2. The maximum absolute atomic E-state index is 13.6. The lowest BCUT2D eigenvalue weighted by atomic mass is 10.2. The number of carbonyl (C=O) groups excluding carboxylic acids is 1. The van der Waals surface area contributed by atoms with Gasteiger partial charge in [-0.25, -0.2) is 13.6 Å². The van der Waals surface area contributed by atoms with Crippen molar-refractivity contribution in [3.05, 3.63) is 64.6 Å². The van der Waals surface area contributed by atoms with E-state index in [2.05, 4.69) is 5.10 Å². The van der Waals surface area contributed by atoms with E-state index in [1.54, 1.807) is 13.8 Å². The molecular formula is C18H14F2N2O5. The van der Waals surface area contributed by atoms with Crippen LogP contribution in [0.1, 0.15) is 13.8 Å². The van der Waals surface area contributed by atoms with Crippen LogP contribution in [-0.2, 0) is 4.79 Å². The molecule has 0 unspecified atom stereocenters. The molecule has 2 aromatic carbocycles. The smallest absolute Gasteiger partial charge is 0.426 e. The molecule has 3 aromatic rings. The Balaban J connectivity index is 1.80. The van der Waals surface area contributed by atoms with Gasteiger partial charge in [0.1, 0.15) is 11.6 Å². The highest BCUT2D eigenvalue weighted by Gasteiger charge is 2.15. The molecule has 0 saturated heterocycles. The Morgan fingerprint density at radius 2 is 1.85 bits per heavy atom. The normalized spacial score (nSPS) is 10.9. The van der Waals surface area contributed by atoms with Gasteiger partial charge in [0.15, 0.2) is 11.6 Å². The number of hydrogen-bond acceptors (Lipinski definition) is 6. The van der Waals surface area contributed by atoms with Gasteiger partial charge in [0.2, 0.25) is 0 Å². The number of hydrogen-bond donors (Lipinski definition) is 0. The monoisotopic (exact) mass is 376 g/mol. The van der Waals surface area contributed by atoms with Crippen molar-refractivity contribution in [1.82, 2.24) is 9.78 Å². The number of ether oxygens (including phenoxy) is 2. The second-order valence-corrected chi connectivity index (χ2v) is 5.79. The minimum Gasteiger partial charge on any atom is -0.426 e. The average Bonchev–Trinajstić information content (AvgIpc) is 2.98. The molecule has 140 valence electrons. The number of rotatable bonds is 5. The number of benzene rings is 2. The summed E-state index contributed by atoms with van der Waals surface area (Å²) in [5.41, 5.74) is 0.308. The summed E-state index contributed by atoms with van der Waals surface area (Å²) in [5.74, 6) is -3.33. The quantitative estimate of drug-likeness (QED) is 0.501. The zero-order valence-corrected chi connectivity index (χ0v) is 14.3. The second kappa shape index (κ2) is 7.40. The van der Waals surface area contributed by atoms with Gasteiger partial charge in [0.25, 0.3) is 0 Å². The fraction of sp³-hybridized carbons (Fsp3) is 0.167. The highest BCUT2D eigenvalue weighted by molar-refractivity contribution is 5.74. The van der Waals surface area contributed by atoms with Crippen molar-refractivity contribution in [2.45, 2.75) is 13.8 Å². The van der Waals surface area contributed by atoms with E-state index in [9.17, 15) is 18.4 Å². The highest BCUT2D eigenvalue weighted by atomic mass is 19.1. The Hall–Kier alpha value is -3.49. The topological polar surface area (TPSA) is 83.6 Å². The summed E-state index contributed by atoms with van der Waals surface area (Å²) in [6.07, 6.45) is -0.513. The van der Waals surface area contributed by atoms with Gasteiger partial charge in [-0.3, -0.25) is 4.79 Å². The van der Waals surface area contributed by atoms with Crippen LogP contribution in [0.3, 0.4) is 0 Å². The number of carbonyl (C=O) groups is 1. The SMILES string of the molecule is CC(C)C(=O)Oc1ccc(-n2nc(Oc3ccc(F)cc3F)oc2=O)cc1. The van der Waals surface area contributed by atoms with E-state index in [1.807, 2.05) is 0 Å².